The van der Waals surface area contributed by atoms with E-state index >= 15 is 0 Å². The number of hydrogen-bond donors (Lipinski definition) is 3. The van der Waals surface area contributed by atoms with Crippen LogP contribution in [0.25, 0.3) is 60.6 Å². The summed E-state index contributed by atoms with van der Waals surface area (Å²) in [6.07, 6.45) is 6.52. The Morgan fingerprint density at radius 1 is 0.526 bits per heavy atom. The zero-order valence-electron chi connectivity index (χ0n) is 31.0. The van der Waals surface area contributed by atoms with Crippen LogP contribution in [0.4, 0.5) is 0 Å². The predicted octanol–water partition coefficient (Wildman–Crippen LogP) is 11.4. The average molecular weight is 739 g/mol. The first-order valence-corrected chi connectivity index (χ1v) is 19.8. The Labute approximate surface area is 329 Å². The van der Waals surface area contributed by atoms with E-state index in [1.807, 2.05) is 0 Å². The third-order valence-corrected chi connectivity index (χ3v) is 12.2. The molecule has 12 rings (SSSR count). The van der Waals surface area contributed by atoms with Gasteiger partial charge in [-0.3, -0.25) is 16.0 Å². The molecule has 3 N–H and O–H groups in total. The maximum absolute atomic E-state index is 6.73. The molecule has 274 valence electrons. The van der Waals surface area contributed by atoms with Crippen molar-refractivity contribution in [3.05, 3.63) is 204 Å². The van der Waals surface area contributed by atoms with Crippen LogP contribution in [0.3, 0.4) is 0 Å². The zero-order chi connectivity index (χ0) is 37.5. The molecule has 1 fully saturated rings. The second-order valence-corrected chi connectivity index (χ2v) is 15.4. The predicted molar refractivity (Wildman–Crippen MR) is 229 cm³/mol. The Kier molecular flexibility index (Phi) is 7.38. The van der Waals surface area contributed by atoms with E-state index in [0.29, 0.717) is 0 Å². The fourth-order valence-electron chi connectivity index (χ4n) is 9.56. The molecule has 57 heavy (non-hydrogen) atoms. The van der Waals surface area contributed by atoms with E-state index in [2.05, 4.69) is 203 Å². The van der Waals surface area contributed by atoms with Crippen molar-refractivity contribution in [1.82, 2.24) is 20.5 Å². The summed E-state index contributed by atoms with van der Waals surface area (Å²) >= 11 is 0. The van der Waals surface area contributed by atoms with Gasteiger partial charge in [-0.1, -0.05) is 133 Å². The van der Waals surface area contributed by atoms with Gasteiger partial charge in [0.1, 0.15) is 22.7 Å². The van der Waals surface area contributed by atoms with Crippen molar-refractivity contribution < 1.29 is 9.15 Å². The molecule has 0 saturated carbocycles. The lowest BCUT2D eigenvalue weighted by Crippen LogP contribution is -2.62. The first-order valence-electron chi connectivity index (χ1n) is 19.8. The van der Waals surface area contributed by atoms with Crippen LogP contribution in [0.15, 0.2) is 192 Å². The van der Waals surface area contributed by atoms with E-state index < -0.39 is 0 Å². The quantitative estimate of drug-likeness (QED) is 0.164. The number of benzene rings is 7. The smallest absolute Gasteiger partial charge is 0.137 e. The summed E-state index contributed by atoms with van der Waals surface area (Å²) in [5.41, 5.74) is 11.0. The summed E-state index contributed by atoms with van der Waals surface area (Å²) < 4.78 is 15.6. The van der Waals surface area contributed by atoms with Gasteiger partial charge in [0, 0.05) is 27.6 Å². The lowest BCUT2D eigenvalue weighted by Gasteiger charge is -2.43. The van der Waals surface area contributed by atoms with E-state index in [-0.39, 0.29) is 30.3 Å². The maximum Gasteiger partial charge on any atom is 0.137 e. The molecule has 0 bridgehead atoms. The summed E-state index contributed by atoms with van der Waals surface area (Å²) in [5.74, 6) is 2.08. The van der Waals surface area contributed by atoms with Crippen LogP contribution >= 0.6 is 0 Å². The number of hydrogen-bond acceptors (Lipinski definition) is 5. The van der Waals surface area contributed by atoms with Gasteiger partial charge in [-0.2, -0.15) is 0 Å². The number of furan rings is 1. The van der Waals surface area contributed by atoms with Crippen molar-refractivity contribution >= 4 is 43.7 Å². The van der Waals surface area contributed by atoms with Crippen molar-refractivity contribution in [1.29, 1.82) is 0 Å². The molecular formula is C51H38N4O2. The standard InChI is InChI=1S/C51H38N4O2/c1-3-13-31(14-4-1)49-52-50(32-15-5-2-6-16-32)54-51(53-49)38-19-11-23-44-47(38)37-27-25-34(30-46(37)57-44)33-26-28-43-39(29-33)48-42(22-12-24-45(48)56-43)55-40-20-9-7-17-35(40)36-18-8-10-21-41(36)55/h1-30,38,47,49-54H. The largest absolute Gasteiger partial charge is 0.461 e. The van der Waals surface area contributed by atoms with E-state index in [0.717, 1.165) is 50.3 Å². The van der Waals surface area contributed by atoms with Crippen molar-refractivity contribution in [2.24, 2.45) is 5.92 Å². The number of fused-ring (bicyclic) bond motifs is 9. The Morgan fingerprint density at radius 3 is 1.89 bits per heavy atom. The summed E-state index contributed by atoms with van der Waals surface area (Å²) in [6.45, 7) is 0. The van der Waals surface area contributed by atoms with Crippen LogP contribution in [0, 0.1) is 5.92 Å². The average Bonchev–Trinajstić information content (AvgIpc) is 3.96. The van der Waals surface area contributed by atoms with Gasteiger partial charge in [0.05, 0.1) is 46.5 Å². The van der Waals surface area contributed by atoms with Crippen LogP contribution in [0.2, 0.25) is 0 Å². The first-order chi connectivity index (χ1) is 28.2. The fraction of sp³-hybridized carbons (Fsp3) is 0.0980. The number of rotatable bonds is 5. The molecule has 4 unspecified atom stereocenters. The lowest BCUT2D eigenvalue weighted by atomic mass is 9.80. The van der Waals surface area contributed by atoms with Crippen molar-refractivity contribution in [3.63, 3.8) is 0 Å². The minimum atomic E-state index is -0.0287. The molecule has 0 spiro atoms. The molecule has 2 aliphatic heterocycles. The third kappa shape index (κ3) is 5.22. The van der Waals surface area contributed by atoms with Crippen molar-refractivity contribution in [3.8, 4) is 22.6 Å². The molecule has 6 nitrogen and oxygen atoms in total. The minimum absolute atomic E-state index is 0.0265. The summed E-state index contributed by atoms with van der Waals surface area (Å²) in [7, 11) is 0. The Balaban J connectivity index is 0.918. The number of nitrogens with one attached hydrogen (secondary N) is 3. The molecule has 1 saturated heterocycles. The molecule has 0 amide bonds. The van der Waals surface area contributed by atoms with Gasteiger partial charge >= 0.3 is 0 Å². The summed E-state index contributed by atoms with van der Waals surface area (Å²) in [4.78, 5) is 0. The molecule has 0 radical (unpaired) electrons. The zero-order valence-corrected chi connectivity index (χ0v) is 31.0. The number of nitrogens with zero attached hydrogens (tertiary/aromatic N) is 1. The van der Waals surface area contributed by atoms with Gasteiger partial charge in [0.2, 0.25) is 0 Å². The summed E-state index contributed by atoms with van der Waals surface area (Å²) in [6, 6.07) is 58.2. The van der Waals surface area contributed by atoms with Gasteiger partial charge in [-0.05, 0) is 70.8 Å². The van der Waals surface area contributed by atoms with Crippen LogP contribution < -0.4 is 20.7 Å². The van der Waals surface area contributed by atoms with Crippen LogP contribution in [-0.2, 0) is 0 Å². The molecule has 4 atom stereocenters. The van der Waals surface area contributed by atoms with Gasteiger partial charge in [-0.25, -0.2) is 0 Å². The highest BCUT2D eigenvalue weighted by atomic mass is 16.5. The highest BCUT2D eigenvalue weighted by molar-refractivity contribution is 6.14. The molecule has 3 aliphatic rings. The summed E-state index contributed by atoms with van der Waals surface area (Å²) in [5, 5.41) is 16.3. The molecule has 4 heterocycles. The van der Waals surface area contributed by atoms with Crippen LogP contribution in [-0.4, -0.2) is 10.7 Å². The number of allylic oxidation sites excluding steroid dienone is 3. The topological polar surface area (TPSA) is 63.4 Å². The number of ether oxygens (including phenoxy) is 1. The SMILES string of the molecule is C1=CC(C2NC(c3ccccc3)NC(c3ccccc3)N2)C2C(=C1)Oc1cc(-c3ccc4oc5cccc(-n6c7ccccc7c7ccccc76)c5c4c3)ccc12. The van der Waals surface area contributed by atoms with E-state index in [1.54, 1.807) is 0 Å². The number of para-hydroxylation sites is 2. The van der Waals surface area contributed by atoms with Gasteiger partial charge in [0.15, 0.2) is 0 Å². The monoisotopic (exact) mass is 738 g/mol. The van der Waals surface area contributed by atoms with Gasteiger partial charge in [-0.15, -0.1) is 0 Å². The third-order valence-electron chi connectivity index (χ3n) is 12.2. The molecule has 1 aliphatic carbocycles. The Hall–Kier alpha value is -6.70. The first kappa shape index (κ1) is 32.5. The van der Waals surface area contributed by atoms with E-state index in [9.17, 15) is 0 Å². The Morgan fingerprint density at radius 2 is 1.18 bits per heavy atom. The van der Waals surface area contributed by atoms with Gasteiger partial charge in [0.25, 0.3) is 0 Å². The highest BCUT2D eigenvalue weighted by Gasteiger charge is 2.43. The maximum atomic E-state index is 6.73. The molecule has 7 aromatic carbocycles. The lowest BCUT2D eigenvalue weighted by molar-refractivity contribution is 0.159. The normalized spacial score (nSPS) is 21.5. The molecule has 2 aromatic heterocycles. The molecule has 9 aromatic rings. The molecule has 6 heteroatoms. The van der Waals surface area contributed by atoms with E-state index in [4.69, 9.17) is 9.15 Å². The van der Waals surface area contributed by atoms with Gasteiger partial charge < -0.3 is 13.7 Å². The highest BCUT2D eigenvalue weighted by Crippen LogP contribution is 2.50. The van der Waals surface area contributed by atoms with E-state index in [1.165, 1.54) is 38.5 Å². The second-order valence-electron chi connectivity index (χ2n) is 15.4. The van der Waals surface area contributed by atoms with Crippen molar-refractivity contribution in [2.45, 2.75) is 24.4 Å². The van der Waals surface area contributed by atoms with Crippen LogP contribution in [0.5, 0.6) is 5.75 Å². The Bertz CT molecular complexity index is 2970. The van der Waals surface area contributed by atoms with Crippen molar-refractivity contribution in [2.75, 3.05) is 0 Å². The van der Waals surface area contributed by atoms with Crippen LogP contribution in [0.1, 0.15) is 34.9 Å². The number of aromatic nitrogens is 1. The molecular weight excluding hydrogens is 701 g/mol. The minimum Gasteiger partial charge on any atom is -0.461 e. The fourth-order valence-corrected chi connectivity index (χ4v) is 9.56. The second kappa shape index (κ2) is 12.9.